The normalized spacial score (nSPS) is 18.5. The summed E-state index contributed by atoms with van der Waals surface area (Å²) in [7, 11) is 1.97. The van der Waals surface area contributed by atoms with E-state index in [2.05, 4.69) is 26.2 Å². The van der Waals surface area contributed by atoms with Gasteiger partial charge in [-0.15, -0.1) is 0 Å². The summed E-state index contributed by atoms with van der Waals surface area (Å²) in [5, 5.41) is 8.36. The lowest BCUT2D eigenvalue weighted by atomic mass is 10.2. The largest absolute Gasteiger partial charge is 0.378 e. The maximum atomic E-state index is 5.66. The molecule has 25 heavy (non-hydrogen) atoms. The third-order valence-corrected chi connectivity index (χ3v) is 4.58. The Morgan fingerprint density at radius 3 is 2.88 bits per heavy atom. The lowest BCUT2D eigenvalue weighted by molar-refractivity contribution is -0.0194. The molecule has 0 radical (unpaired) electrons. The highest BCUT2D eigenvalue weighted by Crippen LogP contribution is 2.25. The molecule has 1 aromatic carbocycles. The summed E-state index contributed by atoms with van der Waals surface area (Å²) < 4.78 is 13.1. The van der Waals surface area contributed by atoms with Crippen LogP contribution in [0.25, 0.3) is 11.4 Å². The Morgan fingerprint density at radius 1 is 1.20 bits per heavy atom. The summed E-state index contributed by atoms with van der Waals surface area (Å²) in [5.74, 6) is 1.23. The molecule has 0 saturated carbocycles. The van der Waals surface area contributed by atoms with Crippen LogP contribution in [-0.2, 0) is 18.2 Å². The van der Waals surface area contributed by atoms with Gasteiger partial charge >= 0.3 is 0 Å². The maximum absolute atomic E-state index is 5.66. The number of morpholine rings is 1. The minimum atomic E-state index is -0.00746. The highest BCUT2D eigenvalue weighted by molar-refractivity contribution is 5.53. The second kappa shape index (κ2) is 7.16. The zero-order chi connectivity index (χ0) is 17.1. The van der Waals surface area contributed by atoms with Crippen molar-refractivity contribution < 1.29 is 9.26 Å². The van der Waals surface area contributed by atoms with Crippen LogP contribution in [0.3, 0.4) is 0 Å². The van der Waals surface area contributed by atoms with Gasteiger partial charge in [-0.25, -0.2) is 0 Å². The third kappa shape index (κ3) is 3.47. The van der Waals surface area contributed by atoms with E-state index in [1.54, 1.807) is 0 Å². The summed E-state index contributed by atoms with van der Waals surface area (Å²) in [6.45, 7) is 3.05. The Bertz CT molecular complexity index is 814. The number of hydrogen-bond acceptors (Lipinski definition) is 6. The second-order valence-corrected chi connectivity index (χ2v) is 6.15. The number of ether oxygens (including phenoxy) is 1. The van der Waals surface area contributed by atoms with Crippen LogP contribution < -0.4 is 0 Å². The summed E-state index contributed by atoms with van der Waals surface area (Å²) in [5.41, 5.74) is 2.16. The van der Waals surface area contributed by atoms with E-state index in [1.165, 1.54) is 5.69 Å². The van der Waals surface area contributed by atoms with Gasteiger partial charge in [-0.1, -0.05) is 35.5 Å². The minimum absolute atomic E-state index is 0.00746. The van der Waals surface area contributed by atoms with Crippen molar-refractivity contribution in [3.8, 4) is 11.4 Å². The van der Waals surface area contributed by atoms with Gasteiger partial charge < -0.3 is 9.26 Å². The summed E-state index contributed by atoms with van der Waals surface area (Å²) in [4.78, 5) is 6.95. The van der Waals surface area contributed by atoms with E-state index in [0.717, 1.165) is 31.7 Å². The monoisotopic (exact) mass is 339 g/mol. The fourth-order valence-electron chi connectivity index (χ4n) is 3.11. The van der Waals surface area contributed by atoms with Crippen molar-refractivity contribution in [2.24, 2.45) is 7.05 Å². The second-order valence-electron chi connectivity index (χ2n) is 6.15. The van der Waals surface area contributed by atoms with Gasteiger partial charge in [0.05, 0.1) is 13.2 Å². The lowest BCUT2D eigenvalue weighted by Gasteiger charge is -2.33. The van der Waals surface area contributed by atoms with Gasteiger partial charge in [0.2, 0.25) is 11.7 Å². The molecule has 0 bridgehead atoms. The molecule has 1 fully saturated rings. The first-order valence-corrected chi connectivity index (χ1v) is 8.49. The van der Waals surface area contributed by atoms with Crippen molar-refractivity contribution in [2.75, 3.05) is 26.3 Å². The zero-order valence-corrected chi connectivity index (χ0v) is 14.2. The molecule has 3 aromatic rings. The van der Waals surface area contributed by atoms with Crippen LogP contribution in [-0.4, -0.2) is 51.1 Å². The van der Waals surface area contributed by atoms with Crippen LogP contribution in [0.4, 0.5) is 0 Å². The average molecular weight is 339 g/mol. The van der Waals surface area contributed by atoms with Gasteiger partial charge in [-0.3, -0.25) is 9.58 Å². The highest BCUT2D eigenvalue weighted by Gasteiger charge is 2.29. The Balaban J connectivity index is 1.49. The van der Waals surface area contributed by atoms with Gasteiger partial charge in [0.15, 0.2) is 0 Å². The molecule has 0 aliphatic carbocycles. The number of hydrogen-bond donors (Lipinski definition) is 0. The van der Waals surface area contributed by atoms with Crippen LogP contribution in [0, 0.1) is 0 Å². The minimum Gasteiger partial charge on any atom is -0.378 e. The lowest BCUT2D eigenvalue weighted by Crippen LogP contribution is -2.40. The molecule has 130 valence electrons. The fourth-order valence-corrected chi connectivity index (χ4v) is 3.11. The van der Waals surface area contributed by atoms with E-state index in [0.29, 0.717) is 18.3 Å². The summed E-state index contributed by atoms with van der Waals surface area (Å²) in [6, 6.07) is 11.9. The van der Waals surface area contributed by atoms with Crippen molar-refractivity contribution >= 4 is 0 Å². The van der Waals surface area contributed by atoms with Crippen molar-refractivity contribution in [2.45, 2.75) is 12.5 Å². The van der Waals surface area contributed by atoms with E-state index in [1.807, 2.05) is 48.3 Å². The van der Waals surface area contributed by atoms with Gasteiger partial charge in [-0.2, -0.15) is 10.1 Å². The molecule has 3 heterocycles. The number of rotatable bonds is 5. The van der Waals surface area contributed by atoms with E-state index in [-0.39, 0.29) is 6.04 Å². The van der Waals surface area contributed by atoms with E-state index in [4.69, 9.17) is 9.26 Å². The highest BCUT2D eigenvalue weighted by atomic mass is 16.5. The molecule has 7 heteroatoms. The Morgan fingerprint density at radius 2 is 2.08 bits per heavy atom. The molecule has 1 saturated heterocycles. The zero-order valence-electron chi connectivity index (χ0n) is 14.2. The standard InChI is InChI=1S/C18H21N5O2/c1-22-15(7-9-19-22)8-10-23-11-12-24-13-16(23)18-20-17(21-25-18)14-5-3-2-4-6-14/h2-7,9,16H,8,10-13H2,1H3. The van der Waals surface area contributed by atoms with Crippen molar-refractivity contribution in [1.82, 2.24) is 24.8 Å². The van der Waals surface area contributed by atoms with E-state index < -0.39 is 0 Å². The number of aromatic nitrogens is 4. The number of aryl methyl sites for hydroxylation is 1. The molecule has 1 aliphatic heterocycles. The topological polar surface area (TPSA) is 69.2 Å². The molecule has 1 atom stereocenters. The molecule has 1 unspecified atom stereocenters. The molecule has 0 N–H and O–H groups in total. The maximum Gasteiger partial charge on any atom is 0.246 e. The van der Waals surface area contributed by atoms with Crippen LogP contribution in [0.2, 0.25) is 0 Å². The van der Waals surface area contributed by atoms with Gasteiger partial charge in [-0.05, 0) is 6.07 Å². The first kappa shape index (κ1) is 16.0. The van der Waals surface area contributed by atoms with Crippen LogP contribution >= 0.6 is 0 Å². The molecule has 1 aliphatic rings. The average Bonchev–Trinajstić information content (AvgIpc) is 3.30. The third-order valence-electron chi connectivity index (χ3n) is 4.58. The van der Waals surface area contributed by atoms with Crippen LogP contribution in [0.5, 0.6) is 0 Å². The molecule has 2 aromatic heterocycles. The molecular weight excluding hydrogens is 318 g/mol. The number of benzene rings is 1. The first-order valence-electron chi connectivity index (χ1n) is 8.49. The molecule has 4 rings (SSSR count). The smallest absolute Gasteiger partial charge is 0.246 e. The molecule has 0 amide bonds. The quantitative estimate of drug-likeness (QED) is 0.709. The van der Waals surface area contributed by atoms with Crippen LogP contribution in [0.15, 0.2) is 47.1 Å². The number of nitrogens with zero attached hydrogens (tertiary/aromatic N) is 5. The molecule has 0 spiro atoms. The Kier molecular flexibility index (Phi) is 4.58. The molecular formula is C18H21N5O2. The predicted octanol–water partition coefficient (Wildman–Crippen LogP) is 2.09. The predicted molar refractivity (Wildman–Crippen MR) is 91.8 cm³/mol. The molecule has 7 nitrogen and oxygen atoms in total. The summed E-state index contributed by atoms with van der Waals surface area (Å²) >= 11 is 0. The Labute approximate surface area is 146 Å². The van der Waals surface area contributed by atoms with Crippen molar-refractivity contribution in [3.05, 3.63) is 54.2 Å². The van der Waals surface area contributed by atoms with Crippen molar-refractivity contribution in [3.63, 3.8) is 0 Å². The fraction of sp³-hybridized carbons (Fsp3) is 0.389. The SMILES string of the molecule is Cn1nccc1CCN1CCOCC1c1nc(-c2ccccc2)no1. The van der Waals surface area contributed by atoms with Crippen LogP contribution in [0.1, 0.15) is 17.6 Å². The summed E-state index contributed by atoms with van der Waals surface area (Å²) in [6.07, 6.45) is 2.75. The van der Waals surface area contributed by atoms with Gasteiger partial charge in [0.1, 0.15) is 6.04 Å². The first-order chi connectivity index (χ1) is 12.3. The van der Waals surface area contributed by atoms with Gasteiger partial charge in [0.25, 0.3) is 0 Å². The Hall–Kier alpha value is -2.51. The van der Waals surface area contributed by atoms with Gasteiger partial charge in [0, 0.05) is 44.0 Å². The van der Waals surface area contributed by atoms with Crippen molar-refractivity contribution in [1.29, 1.82) is 0 Å². The van der Waals surface area contributed by atoms with E-state index >= 15 is 0 Å². The van der Waals surface area contributed by atoms with E-state index in [9.17, 15) is 0 Å².